The lowest BCUT2D eigenvalue weighted by Gasteiger charge is -2.19. The van der Waals surface area contributed by atoms with Crippen molar-refractivity contribution in [2.45, 2.75) is 52.2 Å². The molecule has 0 saturated heterocycles. The van der Waals surface area contributed by atoms with Crippen LogP contribution in [0.15, 0.2) is 42.5 Å². The lowest BCUT2D eigenvalue weighted by Crippen LogP contribution is -2.35. The van der Waals surface area contributed by atoms with Gasteiger partial charge >= 0.3 is 0 Å². The summed E-state index contributed by atoms with van der Waals surface area (Å²) < 4.78 is 5.84. The van der Waals surface area contributed by atoms with Crippen molar-refractivity contribution in [1.82, 2.24) is 5.32 Å². The van der Waals surface area contributed by atoms with Crippen LogP contribution < -0.4 is 10.1 Å². The van der Waals surface area contributed by atoms with E-state index in [1.807, 2.05) is 18.2 Å². The van der Waals surface area contributed by atoms with E-state index in [2.05, 4.69) is 36.5 Å². The number of nitrogens with one attached hydrogen (secondary N) is 1. The number of carbonyl (C=O) groups excluding carboxylic acids is 1. The van der Waals surface area contributed by atoms with Crippen molar-refractivity contribution in [2.24, 2.45) is 0 Å². The Bertz CT molecular complexity index is 706. The Morgan fingerprint density at radius 3 is 2.54 bits per heavy atom. The summed E-state index contributed by atoms with van der Waals surface area (Å²) in [5, 5.41) is 2.94. The van der Waals surface area contributed by atoms with Gasteiger partial charge in [-0.25, -0.2) is 0 Å². The largest absolute Gasteiger partial charge is 0.481 e. The topological polar surface area (TPSA) is 38.3 Å². The third-order valence-corrected chi connectivity index (χ3v) is 4.59. The van der Waals surface area contributed by atoms with E-state index >= 15 is 0 Å². The number of benzene rings is 2. The van der Waals surface area contributed by atoms with E-state index in [0.717, 1.165) is 24.2 Å². The van der Waals surface area contributed by atoms with Crippen molar-refractivity contribution in [1.29, 1.82) is 0 Å². The molecule has 0 aromatic heterocycles. The molecule has 1 amide bonds. The van der Waals surface area contributed by atoms with Gasteiger partial charge in [0.2, 0.25) is 0 Å². The third kappa shape index (κ3) is 4.16. The highest BCUT2D eigenvalue weighted by Crippen LogP contribution is 2.25. The van der Waals surface area contributed by atoms with Gasteiger partial charge in [-0.3, -0.25) is 4.79 Å². The fraction of sp³-hybridized carbons (Fsp3) is 0.381. The van der Waals surface area contributed by atoms with E-state index in [9.17, 15) is 4.79 Å². The van der Waals surface area contributed by atoms with Crippen LogP contribution in [0.2, 0.25) is 0 Å². The smallest absolute Gasteiger partial charge is 0.261 e. The molecule has 3 heteroatoms. The van der Waals surface area contributed by atoms with Crippen molar-refractivity contribution >= 4 is 5.91 Å². The van der Waals surface area contributed by atoms with Crippen LogP contribution in [0.5, 0.6) is 5.75 Å². The first-order chi connectivity index (χ1) is 11.6. The van der Waals surface area contributed by atoms with Gasteiger partial charge in [0, 0.05) is 6.54 Å². The number of fused-ring (bicyclic) bond motifs is 1. The zero-order valence-corrected chi connectivity index (χ0v) is 14.5. The molecule has 0 spiro atoms. The van der Waals surface area contributed by atoms with Crippen molar-refractivity contribution < 1.29 is 9.53 Å². The van der Waals surface area contributed by atoms with Gasteiger partial charge in [-0.2, -0.15) is 0 Å². The summed E-state index contributed by atoms with van der Waals surface area (Å²) in [4.78, 5) is 12.2. The minimum absolute atomic E-state index is 0.0895. The average Bonchev–Trinajstić information content (AvgIpc) is 2.61. The Balaban J connectivity index is 1.55. The molecule has 0 fully saturated rings. The van der Waals surface area contributed by atoms with Crippen LogP contribution in [-0.4, -0.2) is 12.0 Å². The van der Waals surface area contributed by atoms with Crippen molar-refractivity contribution in [3.05, 3.63) is 64.7 Å². The molecule has 2 aromatic rings. The van der Waals surface area contributed by atoms with E-state index in [1.54, 1.807) is 6.92 Å². The summed E-state index contributed by atoms with van der Waals surface area (Å²) >= 11 is 0. The van der Waals surface area contributed by atoms with Crippen LogP contribution in [0.1, 0.15) is 42.0 Å². The van der Waals surface area contributed by atoms with Crippen LogP contribution in [-0.2, 0) is 24.2 Å². The number of hydrogen-bond acceptors (Lipinski definition) is 2. The maximum atomic E-state index is 12.2. The van der Waals surface area contributed by atoms with Gasteiger partial charge in [0.1, 0.15) is 5.75 Å². The highest BCUT2D eigenvalue weighted by Gasteiger charge is 2.16. The molecule has 126 valence electrons. The number of aryl methyl sites for hydroxylation is 3. The molecule has 3 rings (SSSR count). The molecule has 1 atom stereocenters. The van der Waals surface area contributed by atoms with Gasteiger partial charge in [0.05, 0.1) is 0 Å². The summed E-state index contributed by atoms with van der Waals surface area (Å²) in [6, 6.07) is 14.4. The second-order valence-electron chi connectivity index (χ2n) is 6.60. The van der Waals surface area contributed by atoms with E-state index in [0.29, 0.717) is 6.54 Å². The van der Waals surface area contributed by atoms with E-state index in [4.69, 9.17) is 4.74 Å². The highest BCUT2D eigenvalue weighted by atomic mass is 16.5. The van der Waals surface area contributed by atoms with Gasteiger partial charge < -0.3 is 10.1 Å². The van der Waals surface area contributed by atoms with Gasteiger partial charge in [-0.05, 0) is 68.4 Å². The summed E-state index contributed by atoms with van der Waals surface area (Å²) in [6.45, 7) is 4.37. The van der Waals surface area contributed by atoms with Crippen LogP contribution in [0.4, 0.5) is 0 Å². The Morgan fingerprint density at radius 2 is 1.79 bits per heavy atom. The van der Waals surface area contributed by atoms with E-state index in [1.165, 1.54) is 29.5 Å². The highest BCUT2D eigenvalue weighted by molar-refractivity contribution is 5.80. The average molecular weight is 323 g/mol. The molecule has 1 aliphatic rings. The van der Waals surface area contributed by atoms with Crippen molar-refractivity contribution in [3.8, 4) is 5.75 Å². The Kier molecular flexibility index (Phi) is 5.19. The molecule has 0 aliphatic heterocycles. The van der Waals surface area contributed by atoms with Crippen LogP contribution >= 0.6 is 0 Å². The molecule has 0 heterocycles. The fourth-order valence-corrected chi connectivity index (χ4v) is 3.08. The number of ether oxygens (including phenoxy) is 1. The SMILES string of the molecule is Cc1ccc(CNC(=O)[C@@H](C)Oc2ccc3c(c2)CCCC3)cc1. The summed E-state index contributed by atoms with van der Waals surface area (Å²) in [5.41, 5.74) is 5.10. The molecule has 24 heavy (non-hydrogen) atoms. The molecular weight excluding hydrogens is 298 g/mol. The van der Waals surface area contributed by atoms with Crippen molar-refractivity contribution in [3.63, 3.8) is 0 Å². The normalized spacial score (nSPS) is 14.6. The standard InChI is InChI=1S/C21H25NO2/c1-15-7-9-17(10-8-15)14-22-21(23)16(2)24-20-12-11-18-5-3-4-6-19(18)13-20/h7-13,16H,3-6,14H2,1-2H3,(H,22,23)/t16-/m1/s1. The van der Waals surface area contributed by atoms with Gasteiger partial charge in [0.15, 0.2) is 6.10 Å². The predicted molar refractivity (Wildman–Crippen MR) is 96.2 cm³/mol. The van der Waals surface area contributed by atoms with E-state index in [-0.39, 0.29) is 5.91 Å². The van der Waals surface area contributed by atoms with E-state index < -0.39 is 6.10 Å². The van der Waals surface area contributed by atoms with Crippen LogP contribution in [0.25, 0.3) is 0 Å². The summed E-state index contributed by atoms with van der Waals surface area (Å²) in [6.07, 6.45) is 4.27. The molecule has 1 N–H and O–H groups in total. The maximum absolute atomic E-state index is 12.2. The fourth-order valence-electron chi connectivity index (χ4n) is 3.08. The summed E-state index contributed by atoms with van der Waals surface area (Å²) in [5.74, 6) is 0.696. The maximum Gasteiger partial charge on any atom is 0.261 e. The molecule has 0 bridgehead atoms. The Labute approximate surface area is 144 Å². The first-order valence-electron chi connectivity index (χ1n) is 8.73. The lowest BCUT2D eigenvalue weighted by atomic mass is 9.92. The number of rotatable bonds is 5. The van der Waals surface area contributed by atoms with Gasteiger partial charge in [-0.15, -0.1) is 0 Å². The zero-order valence-electron chi connectivity index (χ0n) is 14.5. The van der Waals surface area contributed by atoms with Crippen LogP contribution in [0, 0.1) is 6.92 Å². The molecule has 0 radical (unpaired) electrons. The number of amides is 1. The molecule has 0 unspecified atom stereocenters. The first-order valence-corrected chi connectivity index (χ1v) is 8.73. The molecule has 2 aromatic carbocycles. The molecule has 1 aliphatic carbocycles. The lowest BCUT2D eigenvalue weighted by molar-refractivity contribution is -0.127. The van der Waals surface area contributed by atoms with Crippen LogP contribution in [0.3, 0.4) is 0 Å². The molecule has 0 saturated carbocycles. The first kappa shape index (κ1) is 16.6. The molecule has 3 nitrogen and oxygen atoms in total. The second-order valence-corrected chi connectivity index (χ2v) is 6.60. The third-order valence-electron chi connectivity index (χ3n) is 4.59. The van der Waals surface area contributed by atoms with Gasteiger partial charge in [-0.1, -0.05) is 35.9 Å². The minimum atomic E-state index is -0.503. The Morgan fingerprint density at radius 1 is 1.08 bits per heavy atom. The van der Waals surface area contributed by atoms with Gasteiger partial charge in [0.25, 0.3) is 5.91 Å². The molecular formula is C21H25NO2. The Hall–Kier alpha value is -2.29. The predicted octanol–water partition coefficient (Wildman–Crippen LogP) is 3.96. The number of hydrogen-bond donors (Lipinski definition) is 1. The van der Waals surface area contributed by atoms with Crippen molar-refractivity contribution in [2.75, 3.05) is 0 Å². The zero-order chi connectivity index (χ0) is 16.9. The minimum Gasteiger partial charge on any atom is -0.481 e. The number of carbonyl (C=O) groups is 1. The summed E-state index contributed by atoms with van der Waals surface area (Å²) in [7, 11) is 0. The monoisotopic (exact) mass is 323 g/mol. The second kappa shape index (κ2) is 7.52. The quantitative estimate of drug-likeness (QED) is 0.904.